The molecular formula is C24H23ClN2O4S. The number of benzene rings is 3. The van der Waals surface area contributed by atoms with Crippen LogP contribution < -0.4 is 14.4 Å². The SMILES string of the molecule is CC(C)c1ccc(NC(=O)C2CN(S(=O)(=O)c3ccccc3)c3cc(Cl)ccc3O2)cc1. The van der Waals surface area contributed by atoms with Crippen molar-refractivity contribution < 1.29 is 17.9 Å². The lowest BCUT2D eigenvalue weighted by molar-refractivity contribution is -0.122. The van der Waals surface area contributed by atoms with E-state index in [-0.39, 0.29) is 17.2 Å². The van der Waals surface area contributed by atoms with Gasteiger partial charge in [-0.1, -0.05) is 55.8 Å². The van der Waals surface area contributed by atoms with Crippen molar-refractivity contribution in [2.75, 3.05) is 16.2 Å². The number of ether oxygens (including phenoxy) is 1. The summed E-state index contributed by atoms with van der Waals surface area (Å²) in [6.45, 7) is 4.00. The van der Waals surface area contributed by atoms with Crippen molar-refractivity contribution in [1.82, 2.24) is 0 Å². The minimum absolute atomic E-state index is 0.122. The van der Waals surface area contributed by atoms with Crippen molar-refractivity contribution in [2.45, 2.75) is 30.8 Å². The molecule has 0 aromatic heterocycles. The van der Waals surface area contributed by atoms with Crippen LogP contribution in [0.1, 0.15) is 25.3 Å². The van der Waals surface area contributed by atoms with Crippen LogP contribution in [-0.2, 0) is 14.8 Å². The molecule has 1 atom stereocenters. The Balaban J connectivity index is 1.64. The molecule has 3 aromatic carbocycles. The standard InChI is InChI=1S/C24H23ClN2O4S/c1-16(2)17-8-11-19(12-9-17)26-24(28)23-15-27(21-14-18(25)10-13-22(21)31-23)32(29,30)20-6-4-3-5-7-20/h3-14,16,23H,15H2,1-2H3,(H,26,28). The molecule has 0 aliphatic carbocycles. The second-order valence-corrected chi connectivity index (χ2v) is 10.1. The first kappa shape index (κ1) is 22.2. The monoisotopic (exact) mass is 470 g/mol. The summed E-state index contributed by atoms with van der Waals surface area (Å²) in [4.78, 5) is 13.1. The summed E-state index contributed by atoms with van der Waals surface area (Å²) in [6, 6.07) is 20.3. The largest absolute Gasteiger partial charge is 0.476 e. The lowest BCUT2D eigenvalue weighted by atomic mass is 10.0. The van der Waals surface area contributed by atoms with Gasteiger partial charge in [-0.3, -0.25) is 9.10 Å². The van der Waals surface area contributed by atoms with Gasteiger partial charge in [-0.05, 0) is 53.9 Å². The highest BCUT2D eigenvalue weighted by molar-refractivity contribution is 7.92. The lowest BCUT2D eigenvalue weighted by Crippen LogP contribution is -2.48. The number of halogens is 1. The van der Waals surface area contributed by atoms with Crippen molar-refractivity contribution in [3.8, 4) is 5.75 Å². The molecule has 0 fully saturated rings. The average Bonchev–Trinajstić information content (AvgIpc) is 2.79. The van der Waals surface area contributed by atoms with E-state index in [2.05, 4.69) is 19.2 Å². The first-order valence-corrected chi connectivity index (χ1v) is 12.0. The number of carbonyl (C=O) groups is 1. The molecule has 0 bridgehead atoms. The molecule has 3 aromatic rings. The van der Waals surface area contributed by atoms with Crippen LogP contribution >= 0.6 is 11.6 Å². The Morgan fingerprint density at radius 2 is 1.75 bits per heavy atom. The van der Waals surface area contributed by atoms with Gasteiger partial charge in [0.2, 0.25) is 0 Å². The van der Waals surface area contributed by atoms with Gasteiger partial charge in [-0.25, -0.2) is 8.42 Å². The Morgan fingerprint density at radius 1 is 1.06 bits per heavy atom. The van der Waals surface area contributed by atoms with Gasteiger partial charge in [0.05, 0.1) is 17.1 Å². The van der Waals surface area contributed by atoms with E-state index in [1.807, 2.05) is 24.3 Å². The van der Waals surface area contributed by atoms with Crippen LogP contribution in [0.25, 0.3) is 0 Å². The van der Waals surface area contributed by atoms with E-state index in [4.69, 9.17) is 16.3 Å². The molecule has 1 aliphatic rings. The molecular weight excluding hydrogens is 448 g/mol. The normalized spacial score (nSPS) is 15.8. The number of hydrogen-bond donors (Lipinski definition) is 1. The molecule has 8 heteroatoms. The van der Waals surface area contributed by atoms with Crippen LogP contribution in [0.15, 0.2) is 77.7 Å². The highest BCUT2D eigenvalue weighted by atomic mass is 35.5. The lowest BCUT2D eigenvalue weighted by Gasteiger charge is -2.34. The van der Waals surface area contributed by atoms with Gasteiger partial charge in [-0.2, -0.15) is 0 Å². The number of carbonyl (C=O) groups excluding carboxylic acids is 1. The summed E-state index contributed by atoms with van der Waals surface area (Å²) in [5, 5.41) is 3.19. The Bertz CT molecular complexity index is 1230. The summed E-state index contributed by atoms with van der Waals surface area (Å²) >= 11 is 6.12. The average molecular weight is 471 g/mol. The fourth-order valence-electron chi connectivity index (χ4n) is 3.48. The van der Waals surface area contributed by atoms with Gasteiger partial charge in [0.25, 0.3) is 15.9 Å². The third kappa shape index (κ3) is 4.45. The predicted octanol–water partition coefficient (Wildman–Crippen LogP) is 5.06. The fraction of sp³-hybridized carbons (Fsp3) is 0.208. The topological polar surface area (TPSA) is 75.7 Å². The van der Waals surface area contributed by atoms with E-state index < -0.39 is 22.0 Å². The summed E-state index contributed by atoms with van der Waals surface area (Å²) in [6.07, 6.45) is -1.04. The van der Waals surface area contributed by atoms with E-state index in [1.54, 1.807) is 30.3 Å². The van der Waals surface area contributed by atoms with Crippen molar-refractivity contribution in [3.63, 3.8) is 0 Å². The Labute approximate surface area is 192 Å². The third-order valence-electron chi connectivity index (χ3n) is 5.26. The molecule has 1 aliphatic heterocycles. The molecule has 0 radical (unpaired) electrons. The predicted molar refractivity (Wildman–Crippen MR) is 126 cm³/mol. The minimum atomic E-state index is -3.93. The molecule has 0 spiro atoms. The Hall–Kier alpha value is -3.03. The van der Waals surface area contributed by atoms with Gasteiger partial charge in [0, 0.05) is 10.7 Å². The highest BCUT2D eigenvalue weighted by Gasteiger charge is 2.37. The van der Waals surface area contributed by atoms with E-state index in [0.717, 1.165) is 5.56 Å². The fourth-order valence-corrected chi connectivity index (χ4v) is 5.14. The number of hydrogen-bond acceptors (Lipinski definition) is 4. The number of nitrogens with zero attached hydrogens (tertiary/aromatic N) is 1. The number of amides is 1. The van der Waals surface area contributed by atoms with Crippen molar-refractivity contribution >= 4 is 38.9 Å². The summed E-state index contributed by atoms with van der Waals surface area (Å²) < 4.78 is 33.8. The van der Waals surface area contributed by atoms with Crippen LogP contribution in [0.2, 0.25) is 5.02 Å². The molecule has 1 N–H and O–H groups in total. The number of sulfonamides is 1. The van der Waals surface area contributed by atoms with Gasteiger partial charge in [0.1, 0.15) is 5.75 Å². The summed E-state index contributed by atoms with van der Waals surface area (Å²) in [5.41, 5.74) is 2.07. The van der Waals surface area contributed by atoms with Gasteiger partial charge >= 0.3 is 0 Å². The Morgan fingerprint density at radius 3 is 2.41 bits per heavy atom. The number of fused-ring (bicyclic) bond motifs is 1. The molecule has 6 nitrogen and oxygen atoms in total. The van der Waals surface area contributed by atoms with Crippen LogP contribution in [0.4, 0.5) is 11.4 Å². The number of rotatable bonds is 5. The van der Waals surface area contributed by atoms with E-state index >= 15 is 0 Å². The quantitative estimate of drug-likeness (QED) is 0.565. The van der Waals surface area contributed by atoms with Gasteiger partial charge in [0.15, 0.2) is 6.10 Å². The van der Waals surface area contributed by atoms with Crippen molar-refractivity contribution in [2.24, 2.45) is 0 Å². The maximum absolute atomic E-state index is 13.4. The Kier molecular flexibility index (Phi) is 6.13. The smallest absolute Gasteiger partial charge is 0.267 e. The van der Waals surface area contributed by atoms with Crippen LogP contribution in [-0.4, -0.2) is 27.0 Å². The van der Waals surface area contributed by atoms with E-state index in [9.17, 15) is 13.2 Å². The first-order chi connectivity index (χ1) is 15.3. The van der Waals surface area contributed by atoms with Crippen molar-refractivity contribution in [3.05, 3.63) is 83.4 Å². The number of anilines is 2. The molecule has 32 heavy (non-hydrogen) atoms. The first-order valence-electron chi connectivity index (χ1n) is 10.2. The second-order valence-electron chi connectivity index (χ2n) is 7.83. The van der Waals surface area contributed by atoms with Crippen LogP contribution in [0, 0.1) is 0 Å². The molecule has 0 saturated heterocycles. The molecule has 166 valence electrons. The zero-order valence-corrected chi connectivity index (χ0v) is 19.2. The highest BCUT2D eigenvalue weighted by Crippen LogP contribution is 2.39. The zero-order chi connectivity index (χ0) is 22.9. The second kappa shape index (κ2) is 8.84. The molecule has 0 saturated carbocycles. The zero-order valence-electron chi connectivity index (χ0n) is 17.7. The molecule has 4 rings (SSSR count). The molecule has 1 unspecified atom stereocenters. The molecule has 1 amide bonds. The number of nitrogens with one attached hydrogen (secondary N) is 1. The van der Waals surface area contributed by atoms with Gasteiger partial charge in [-0.15, -0.1) is 0 Å². The van der Waals surface area contributed by atoms with Crippen LogP contribution in [0.3, 0.4) is 0 Å². The van der Waals surface area contributed by atoms with Gasteiger partial charge < -0.3 is 10.1 Å². The van der Waals surface area contributed by atoms with E-state index in [1.165, 1.54) is 22.5 Å². The molecule has 1 heterocycles. The third-order valence-corrected chi connectivity index (χ3v) is 7.29. The summed E-state index contributed by atoms with van der Waals surface area (Å²) in [5.74, 6) is 0.216. The van der Waals surface area contributed by atoms with Crippen molar-refractivity contribution in [1.29, 1.82) is 0 Å². The summed E-state index contributed by atoms with van der Waals surface area (Å²) in [7, 11) is -3.93. The minimum Gasteiger partial charge on any atom is -0.476 e. The van der Waals surface area contributed by atoms with E-state index in [0.29, 0.717) is 22.3 Å². The van der Waals surface area contributed by atoms with Crippen LogP contribution in [0.5, 0.6) is 5.75 Å². The maximum Gasteiger partial charge on any atom is 0.267 e. The maximum atomic E-state index is 13.4.